The Morgan fingerprint density at radius 3 is 2.61 bits per heavy atom. The molecule has 2 N–H and O–H groups in total. The number of nitrogens with zero attached hydrogens (tertiary/aromatic N) is 1. The number of aromatic nitrogens is 1. The number of alkyl halides is 3. The van der Waals surface area contributed by atoms with Gasteiger partial charge in [-0.2, -0.15) is 13.2 Å². The average Bonchev–Trinajstić information content (AvgIpc) is 2.98. The van der Waals surface area contributed by atoms with E-state index in [4.69, 9.17) is 5.73 Å². The summed E-state index contributed by atoms with van der Waals surface area (Å²) in [6.45, 7) is 1.76. The molecule has 0 aromatic carbocycles. The molecule has 0 aliphatic heterocycles. The fourth-order valence-corrected chi connectivity index (χ4v) is 3.29. The Morgan fingerprint density at radius 2 is 2.06 bits per heavy atom. The molecule has 0 amide bonds. The second kappa shape index (κ2) is 3.53. The van der Waals surface area contributed by atoms with Crippen molar-refractivity contribution in [2.24, 2.45) is 5.73 Å². The summed E-state index contributed by atoms with van der Waals surface area (Å²) in [4.78, 5) is 0. The van der Waals surface area contributed by atoms with Gasteiger partial charge < -0.3 is 10.3 Å². The molecule has 0 saturated heterocycles. The van der Waals surface area contributed by atoms with Crippen LogP contribution in [0.1, 0.15) is 48.7 Å². The first-order valence-corrected chi connectivity index (χ1v) is 6.41. The Morgan fingerprint density at radius 1 is 1.39 bits per heavy atom. The van der Waals surface area contributed by atoms with E-state index in [0.717, 1.165) is 24.1 Å². The van der Waals surface area contributed by atoms with Crippen LogP contribution in [0.3, 0.4) is 0 Å². The van der Waals surface area contributed by atoms with Crippen LogP contribution in [0.25, 0.3) is 0 Å². The molecule has 2 nitrogen and oxygen atoms in total. The molecule has 3 rings (SSSR count). The normalized spacial score (nSPS) is 25.9. The zero-order chi connectivity index (χ0) is 13.1. The van der Waals surface area contributed by atoms with E-state index in [2.05, 4.69) is 0 Å². The molecule has 2 aliphatic rings. The fraction of sp³-hybridized carbons (Fsp3) is 0.692. The zero-order valence-corrected chi connectivity index (χ0v) is 10.3. The van der Waals surface area contributed by atoms with Crippen LogP contribution in [-0.2, 0) is 12.0 Å². The lowest BCUT2D eigenvalue weighted by molar-refractivity contribution is -0.180. The van der Waals surface area contributed by atoms with Gasteiger partial charge in [0, 0.05) is 17.4 Å². The first-order chi connectivity index (χ1) is 8.37. The van der Waals surface area contributed by atoms with Crippen molar-refractivity contribution in [3.05, 3.63) is 23.0 Å². The van der Waals surface area contributed by atoms with Crippen molar-refractivity contribution < 1.29 is 13.2 Å². The first-order valence-electron chi connectivity index (χ1n) is 6.41. The molecule has 1 unspecified atom stereocenters. The van der Waals surface area contributed by atoms with Crippen molar-refractivity contribution in [2.75, 3.05) is 0 Å². The maximum Gasteiger partial charge on any atom is 0.411 e. The molecule has 0 bridgehead atoms. The third-order valence-corrected chi connectivity index (χ3v) is 4.33. The summed E-state index contributed by atoms with van der Waals surface area (Å²) in [5.74, 6) is 0. The maximum atomic E-state index is 13.3. The fourth-order valence-electron chi connectivity index (χ4n) is 3.29. The van der Waals surface area contributed by atoms with E-state index in [1.165, 1.54) is 4.57 Å². The highest BCUT2D eigenvalue weighted by atomic mass is 19.4. The largest absolute Gasteiger partial charge is 0.411 e. The second-order valence-corrected chi connectivity index (χ2v) is 5.55. The lowest BCUT2D eigenvalue weighted by Gasteiger charge is -2.28. The summed E-state index contributed by atoms with van der Waals surface area (Å²) in [5, 5.41) is 0. The number of fused-ring (bicyclic) bond motifs is 1. The molecule has 18 heavy (non-hydrogen) atoms. The minimum atomic E-state index is -4.16. The van der Waals surface area contributed by atoms with Crippen LogP contribution < -0.4 is 5.73 Å². The lowest BCUT2D eigenvalue weighted by atomic mass is 9.93. The average molecular weight is 258 g/mol. The molecular weight excluding hydrogens is 241 g/mol. The van der Waals surface area contributed by atoms with Crippen LogP contribution in [0.5, 0.6) is 0 Å². The van der Waals surface area contributed by atoms with Crippen molar-refractivity contribution >= 4 is 0 Å². The number of rotatable bonds is 1. The quantitative estimate of drug-likeness (QED) is 0.824. The van der Waals surface area contributed by atoms with Gasteiger partial charge in [0.15, 0.2) is 0 Å². The summed E-state index contributed by atoms with van der Waals surface area (Å²) < 4.78 is 41.3. The zero-order valence-electron chi connectivity index (χ0n) is 10.3. The van der Waals surface area contributed by atoms with Crippen LogP contribution in [0.15, 0.2) is 6.07 Å². The predicted molar refractivity (Wildman–Crippen MR) is 62.3 cm³/mol. The van der Waals surface area contributed by atoms with E-state index < -0.39 is 11.7 Å². The van der Waals surface area contributed by atoms with Gasteiger partial charge in [-0.05, 0) is 50.7 Å². The van der Waals surface area contributed by atoms with Gasteiger partial charge in [0.05, 0.1) is 0 Å². The second-order valence-electron chi connectivity index (χ2n) is 5.55. The van der Waals surface area contributed by atoms with Crippen molar-refractivity contribution in [1.82, 2.24) is 4.57 Å². The van der Waals surface area contributed by atoms with Gasteiger partial charge in [0.25, 0.3) is 0 Å². The summed E-state index contributed by atoms with van der Waals surface area (Å²) in [7, 11) is 0. The number of hydrogen-bond acceptors (Lipinski definition) is 1. The highest BCUT2D eigenvalue weighted by molar-refractivity contribution is 5.36. The van der Waals surface area contributed by atoms with Crippen LogP contribution in [0.4, 0.5) is 13.2 Å². The smallest absolute Gasteiger partial charge is 0.334 e. The molecule has 1 fully saturated rings. The Bertz CT molecular complexity index is 483. The van der Waals surface area contributed by atoms with Crippen LogP contribution in [-0.4, -0.2) is 10.7 Å². The van der Waals surface area contributed by atoms with Gasteiger partial charge in [0.2, 0.25) is 0 Å². The third-order valence-electron chi connectivity index (χ3n) is 4.33. The standard InChI is InChI=1S/C13H17F3N2/c1-8-7-9-10(17)3-2-4-11(9)18(8)12(5-6-12)13(14,15)16/h7,10H,2-6,17H2,1H3. The molecule has 2 aliphatic carbocycles. The topological polar surface area (TPSA) is 30.9 Å². The van der Waals surface area contributed by atoms with Crippen molar-refractivity contribution in [3.8, 4) is 0 Å². The van der Waals surface area contributed by atoms with Gasteiger partial charge >= 0.3 is 6.18 Å². The van der Waals surface area contributed by atoms with Crippen molar-refractivity contribution in [3.63, 3.8) is 0 Å². The molecule has 0 spiro atoms. The van der Waals surface area contributed by atoms with Crippen LogP contribution in [0.2, 0.25) is 0 Å². The first kappa shape index (κ1) is 12.1. The predicted octanol–water partition coefficient (Wildman–Crippen LogP) is 3.18. The number of hydrogen-bond donors (Lipinski definition) is 1. The summed E-state index contributed by atoms with van der Waals surface area (Å²) in [6, 6.07) is 1.75. The minimum Gasteiger partial charge on any atom is -0.334 e. The van der Waals surface area contributed by atoms with Crippen LogP contribution in [0, 0.1) is 6.92 Å². The Labute approximate surface area is 104 Å². The highest BCUT2D eigenvalue weighted by Crippen LogP contribution is 2.57. The summed E-state index contributed by atoms with van der Waals surface area (Å²) in [6.07, 6.45) is -1.29. The van der Waals surface area contributed by atoms with Gasteiger partial charge in [-0.15, -0.1) is 0 Å². The Kier molecular flexibility index (Phi) is 2.37. The molecular formula is C13H17F3N2. The molecule has 5 heteroatoms. The molecule has 100 valence electrons. The number of nitrogens with two attached hydrogens (primary N) is 1. The number of aryl methyl sites for hydroxylation is 1. The SMILES string of the molecule is Cc1cc2c(n1C1(C(F)(F)F)CC1)CCCC2N. The molecule has 1 saturated carbocycles. The van der Waals surface area contributed by atoms with E-state index in [-0.39, 0.29) is 18.9 Å². The molecule has 1 heterocycles. The highest BCUT2D eigenvalue weighted by Gasteiger charge is 2.65. The van der Waals surface area contributed by atoms with Gasteiger partial charge in [-0.1, -0.05) is 0 Å². The van der Waals surface area contributed by atoms with E-state index in [1.54, 1.807) is 6.92 Å². The molecule has 0 radical (unpaired) electrons. The Balaban J connectivity index is 2.14. The van der Waals surface area contributed by atoms with Crippen molar-refractivity contribution in [2.45, 2.75) is 56.8 Å². The van der Waals surface area contributed by atoms with E-state index in [0.29, 0.717) is 12.1 Å². The monoisotopic (exact) mass is 258 g/mol. The van der Waals surface area contributed by atoms with Gasteiger partial charge in [-0.25, -0.2) is 0 Å². The van der Waals surface area contributed by atoms with E-state index in [1.807, 2.05) is 6.07 Å². The maximum absolute atomic E-state index is 13.3. The molecule has 1 aromatic rings. The molecule has 1 aromatic heterocycles. The van der Waals surface area contributed by atoms with Gasteiger partial charge in [-0.3, -0.25) is 0 Å². The van der Waals surface area contributed by atoms with E-state index in [9.17, 15) is 13.2 Å². The third kappa shape index (κ3) is 1.46. The summed E-state index contributed by atoms with van der Waals surface area (Å²) in [5.41, 5.74) is 6.82. The van der Waals surface area contributed by atoms with Gasteiger partial charge in [0.1, 0.15) is 5.54 Å². The lowest BCUT2D eigenvalue weighted by Crippen LogP contribution is -2.37. The van der Waals surface area contributed by atoms with Crippen LogP contribution >= 0.6 is 0 Å². The molecule has 1 atom stereocenters. The number of halogens is 3. The van der Waals surface area contributed by atoms with Crippen molar-refractivity contribution in [1.29, 1.82) is 0 Å². The summed E-state index contributed by atoms with van der Waals surface area (Å²) >= 11 is 0. The van der Waals surface area contributed by atoms with E-state index >= 15 is 0 Å². The minimum absolute atomic E-state index is 0.0993. The Hall–Kier alpha value is -0.970.